The van der Waals surface area contributed by atoms with Crippen LogP contribution in [0.2, 0.25) is 0 Å². The summed E-state index contributed by atoms with van der Waals surface area (Å²) >= 11 is 3.47. The van der Waals surface area contributed by atoms with Crippen LogP contribution in [0.4, 0.5) is 0 Å². The van der Waals surface area contributed by atoms with Gasteiger partial charge in [0.2, 0.25) is 5.91 Å². The first-order valence-corrected chi connectivity index (χ1v) is 12.3. The molecule has 1 aliphatic carbocycles. The number of hydrogen-bond donors (Lipinski definition) is 1. The molecule has 1 aliphatic rings. The average Bonchev–Trinajstić information content (AvgIpc) is 2.83. The molecule has 1 N–H and O–H groups in total. The van der Waals surface area contributed by atoms with Crippen molar-refractivity contribution >= 4 is 27.7 Å². The molecule has 0 unspecified atom stereocenters. The number of methoxy groups -OCH3 is 1. The molecule has 0 aliphatic heterocycles. The summed E-state index contributed by atoms with van der Waals surface area (Å²) in [5.74, 6) is 1.00. The summed E-state index contributed by atoms with van der Waals surface area (Å²) in [5, 5.41) is 3.15. The van der Waals surface area contributed by atoms with Crippen LogP contribution >= 0.6 is 15.9 Å². The van der Waals surface area contributed by atoms with Gasteiger partial charge in [-0.2, -0.15) is 0 Å². The van der Waals surface area contributed by atoms with Gasteiger partial charge in [-0.3, -0.25) is 9.59 Å². The largest absolute Gasteiger partial charge is 0.497 e. The third-order valence-corrected chi connectivity index (χ3v) is 7.01. The lowest BCUT2D eigenvalue weighted by Crippen LogP contribution is -2.51. The minimum absolute atomic E-state index is 0.122. The fourth-order valence-corrected chi connectivity index (χ4v) is 4.26. The maximum absolute atomic E-state index is 13.2. The van der Waals surface area contributed by atoms with Crippen molar-refractivity contribution in [2.45, 2.75) is 64.6 Å². The lowest BCUT2D eigenvalue weighted by Gasteiger charge is -2.31. The van der Waals surface area contributed by atoms with Crippen LogP contribution in [0.3, 0.4) is 0 Å². The normalized spacial score (nSPS) is 14.9. The van der Waals surface area contributed by atoms with E-state index in [1.807, 2.05) is 49.4 Å². The molecule has 0 bridgehead atoms. The number of hydrogen-bond acceptors (Lipinski definition) is 4. The van der Waals surface area contributed by atoms with Crippen LogP contribution in [0.25, 0.3) is 0 Å². The molecule has 33 heavy (non-hydrogen) atoms. The number of ether oxygens (including phenoxy) is 2. The molecule has 0 saturated heterocycles. The molecule has 3 rings (SSSR count). The molecular formula is C26H33BrN2O4. The monoisotopic (exact) mass is 516 g/mol. The molecule has 0 heterocycles. The Morgan fingerprint density at radius 2 is 1.76 bits per heavy atom. The highest BCUT2D eigenvalue weighted by Crippen LogP contribution is 2.22. The Bertz CT molecular complexity index is 942. The van der Waals surface area contributed by atoms with Gasteiger partial charge in [-0.25, -0.2) is 0 Å². The lowest BCUT2D eigenvalue weighted by atomic mass is 9.95. The number of amides is 2. The number of benzene rings is 2. The first kappa shape index (κ1) is 25.1. The standard InChI is InChI=1S/C26H33BrN2O4/c1-18-15-23(13-14-24(18)27)33-17-25(30)29(16-20-9-11-22(32-3)12-10-20)19(2)26(31)28-21-7-5-4-6-8-21/h9-15,19,21H,4-8,16-17H2,1-3H3,(H,28,31)/t19-/m1/s1. The van der Waals surface area contributed by atoms with E-state index in [-0.39, 0.29) is 24.5 Å². The van der Waals surface area contributed by atoms with Gasteiger partial charge in [0, 0.05) is 17.1 Å². The number of halogens is 1. The maximum atomic E-state index is 13.2. The van der Waals surface area contributed by atoms with Crippen LogP contribution in [-0.2, 0) is 16.1 Å². The molecule has 2 aromatic rings. The van der Waals surface area contributed by atoms with Gasteiger partial charge in [0.15, 0.2) is 6.61 Å². The third kappa shape index (κ3) is 7.22. The summed E-state index contributed by atoms with van der Waals surface area (Å²) in [6, 6.07) is 12.7. The van der Waals surface area contributed by atoms with Crippen LogP contribution in [0.5, 0.6) is 11.5 Å². The van der Waals surface area contributed by atoms with Crippen molar-refractivity contribution in [2.75, 3.05) is 13.7 Å². The third-order valence-electron chi connectivity index (χ3n) is 6.12. The summed E-state index contributed by atoms with van der Waals surface area (Å²) in [6.07, 6.45) is 5.48. The fraction of sp³-hybridized carbons (Fsp3) is 0.462. The topological polar surface area (TPSA) is 67.9 Å². The zero-order chi connectivity index (χ0) is 23.8. The minimum atomic E-state index is -0.614. The first-order chi connectivity index (χ1) is 15.9. The second-order valence-electron chi connectivity index (χ2n) is 8.59. The van der Waals surface area contributed by atoms with Crippen LogP contribution in [0.1, 0.15) is 50.2 Å². The van der Waals surface area contributed by atoms with Gasteiger partial charge < -0.3 is 19.7 Å². The first-order valence-electron chi connectivity index (χ1n) is 11.5. The second-order valence-corrected chi connectivity index (χ2v) is 9.44. The van der Waals surface area contributed by atoms with E-state index in [4.69, 9.17) is 9.47 Å². The highest BCUT2D eigenvalue weighted by atomic mass is 79.9. The van der Waals surface area contributed by atoms with Crippen molar-refractivity contribution in [1.29, 1.82) is 0 Å². The van der Waals surface area contributed by atoms with E-state index in [9.17, 15) is 9.59 Å². The Balaban J connectivity index is 1.71. The molecule has 178 valence electrons. The van der Waals surface area contributed by atoms with Crippen molar-refractivity contribution in [2.24, 2.45) is 0 Å². The van der Waals surface area contributed by atoms with Gasteiger partial charge >= 0.3 is 0 Å². The smallest absolute Gasteiger partial charge is 0.261 e. The molecule has 1 fully saturated rings. The molecule has 0 radical (unpaired) electrons. The fourth-order valence-electron chi connectivity index (χ4n) is 4.01. The predicted molar refractivity (Wildman–Crippen MR) is 132 cm³/mol. The Morgan fingerprint density at radius 3 is 2.39 bits per heavy atom. The molecule has 0 spiro atoms. The number of nitrogens with one attached hydrogen (secondary N) is 1. The van der Waals surface area contributed by atoms with Gasteiger partial charge in [-0.15, -0.1) is 0 Å². The highest BCUT2D eigenvalue weighted by Gasteiger charge is 2.28. The van der Waals surface area contributed by atoms with Gasteiger partial charge in [-0.1, -0.05) is 47.3 Å². The molecule has 2 amide bonds. The molecule has 1 saturated carbocycles. The number of aryl methyl sites for hydroxylation is 1. The minimum Gasteiger partial charge on any atom is -0.497 e. The summed E-state index contributed by atoms with van der Waals surface area (Å²) in [7, 11) is 1.61. The number of carbonyl (C=O) groups excluding carboxylic acids is 2. The Labute approximate surface area is 204 Å². The Morgan fingerprint density at radius 1 is 1.09 bits per heavy atom. The van der Waals surface area contributed by atoms with E-state index in [1.165, 1.54) is 6.42 Å². The van der Waals surface area contributed by atoms with E-state index in [0.717, 1.165) is 47.0 Å². The van der Waals surface area contributed by atoms with Crippen LogP contribution in [0.15, 0.2) is 46.9 Å². The SMILES string of the molecule is COc1ccc(CN(C(=O)COc2ccc(Br)c(C)c2)[C@H](C)C(=O)NC2CCCCC2)cc1. The van der Waals surface area contributed by atoms with Gasteiger partial charge in [0.1, 0.15) is 17.5 Å². The van der Waals surface area contributed by atoms with Crippen molar-refractivity contribution in [3.8, 4) is 11.5 Å². The van der Waals surface area contributed by atoms with Crippen LogP contribution < -0.4 is 14.8 Å². The maximum Gasteiger partial charge on any atom is 0.261 e. The van der Waals surface area contributed by atoms with Crippen LogP contribution in [-0.4, -0.2) is 42.5 Å². The van der Waals surface area contributed by atoms with Gasteiger partial charge in [0.25, 0.3) is 5.91 Å². The van der Waals surface area contributed by atoms with Crippen molar-refractivity contribution < 1.29 is 19.1 Å². The zero-order valence-electron chi connectivity index (χ0n) is 19.6. The molecule has 1 atom stereocenters. The van der Waals surface area contributed by atoms with E-state index in [1.54, 1.807) is 18.9 Å². The van der Waals surface area contributed by atoms with E-state index in [0.29, 0.717) is 12.3 Å². The molecule has 0 aromatic heterocycles. The molecular weight excluding hydrogens is 484 g/mol. The Kier molecular flexibility index (Phi) is 9.18. The van der Waals surface area contributed by atoms with Crippen LogP contribution in [0, 0.1) is 6.92 Å². The van der Waals surface area contributed by atoms with Crippen molar-refractivity contribution in [3.05, 3.63) is 58.1 Å². The highest BCUT2D eigenvalue weighted by molar-refractivity contribution is 9.10. The van der Waals surface area contributed by atoms with Gasteiger partial charge in [-0.05, 0) is 68.1 Å². The predicted octanol–water partition coefficient (Wildman–Crippen LogP) is 5.01. The second kappa shape index (κ2) is 12.1. The van der Waals surface area contributed by atoms with Crippen molar-refractivity contribution in [1.82, 2.24) is 10.2 Å². The summed E-state index contributed by atoms with van der Waals surface area (Å²) in [5.41, 5.74) is 1.94. The number of carbonyl (C=O) groups is 2. The number of nitrogens with zero attached hydrogens (tertiary/aromatic N) is 1. The molecule has 2 aromatic carbocycles. The number of rotatable bonds is 9. The Hall–Kier alpha value is -2.54. The van der Waals surface area contributed by atoms with Gasteiger partial charge in [0.05, 0.1) is 7.11 Å². The molecule has 7 heteroatoms. The summed E-state index contributed by atoms with van der Waals surface area (Å²) in [6.45, 7) is 3.92. The van der Waals surface area contributed by atoms with E-state index < -0.39 is 6.04 Å². The summed E-state index contributed by atoms with van der Waals surface area (Å²) in [4.78, 5) is 27.8. The average molecular weight is 517 g/mol. The van der Waals surface area contributed by atoms with E-state index in [2.05, 4.69) is 21.2 Å². The lowest BCUT2D eigenvalue weighted by molar-refractivity contribution is -0.142. The molecule has 6 nitrogen and oxygen atoms in total. The van der Waals surface area contributed by atoms with E-state index >= 15 is 0 Å². The van der Waals surface area contributed by atoms with Crippen molar-refractivity contribution in [3.63, 3.8) is 0 Å². The zero-order valence-corrected chi connectivity index (χ0v) is 21.2. The summed E-state index contributed by atoms with van der Waals surface area (Å²) < 4.78 is 12.0. The quantitative estimate of drug-likeness (QED) is 0.508.